The molecule has 0 radical (unpaired) electrons. The van der Waals surface area contributed by atoms with Crippen LogP contribution in [0.15, 0.2) is 42.5 Å². The topological polar surface area (TPSA) is 74.6 Å². The molecule has 37 heavy (non-hydrogen) atoms. The second-order valence-electron chi connectivity index (χ2n) is 10.1. The highest BCUT2D eigenvalue weighted by molar-refractivity contribution is 6.36. The average Bonchev–Trinajstić information content (AvgIpc) is 3.32. The number of unbranched alkanes of at least 4 members (excludes halogenated alkanes) is 2. The van der Waals surface area contributed by atoms with E-state index in [-0.39, 0.29) is 5.75 Å². The minimum absolute atomic E-state index is 0.223. The minimum atomic E-state index is -0.423. The second kappa shape index (κ2) is 10.2. The van der Waals surface area contributed by atoms with Crippen LogP contribution in [0.3, 0.4) is 0 Å². The second-order valence-corrected chi connectivity index (χ2v) is 10.5. The molecule has 0 fully saturated rings. The highest BCUT2D eigenvalue weighted by Crippen LogP contribution is 2.43. The SMILES string of the molecule is CCCCn1c2cc(CCCCN(C)C)c(O)cc2c2c3c(c(-c4ccccc4Cl)cc21)C(=O)NC3=O. The Hall–Kier alpha value is -3.35. The van der Waals surface area contributed by atoms with Gasteiger partial charge < -0.3 is 14.6 Å². The summed E-state index contributed by atoms with van der Waals surface area (Å²) in [6.07, 6.45) is 4.75. The van der Waals surface area contributed by atoms with Gasteiger partial charge in [0.25, 0.3) is 11.8 Å². The lowest BCUT2D eigenvalue weighted by Gasteiger charge is -2.12. The first-order chi connectivity index (χ1) is 17.8. The summed E-state index contributed by atoms with van der Waals surface area (Å²) in [6, 6.07) is 13.2. The molecular formula is C30H32ClN3O3. The Kier molecular flexibility index (Phi) is 6.97. The molecule has 1 aliphatic rings. The summed E-state index contributed by atoms with van der Waals surface area (Å²) in [6.45, 7) is 3.91. The number of phenolic OH excluding ortho intramolecular Hbond substituents is 1. The first-order valence-corrected chi connectivity index (χ1v) is 13.3. The molecule has 0 spiro atoms. The van der Waals surface area contributed by atoms with Crippen molar-refractivity contribution in [1.82, 2.24) is 14.8 Å². The smallest absolute Gasteiger partial charge is 0.259 e. The van der Waals surface area contributed by atoms with Crippen LogP contribution in [-0.2, 0) is 13.0 Å². The van der Waals surface area contributed by atoms with Gasteiger partial charge in [0.1, 0.15) is 5.75 Å². The Labute approximate surface area is 221 Å². The van der Waals surface area contributed by atoms with Crippen LogP contribution in [0.1, 0.15) is 58.9 Å². The van der Waals surface area contributed by atoms with E-state index in [1.807, 2.05) is 24.3 Å². The molecule has 3 aromatic carbocycles. The normalized spacial score (nSPS) is 13.2. The Morgan fingerprint density at radius 1 is 0.946 bits per heavy atom. The number of nitrogens with one attached hydrogen (secondary N) is 1. The molecule has 0 saturated heterocycles. The molecule has 2 heterocycles. The predicted molar refractivity (Wildman–Crippen MR) is 150 cm³/mol. The maximum absolute atomic E-state index is 13.2. The summed E-state index contributed by atoms with van der Waals surface area (Å²) in [7, 11) is 4.12. The number of amides is 2. The number of aromatic nitrogens is 1. The standard InChI is InChI=1S/C30H32ClN3O3/c1-4-5-14-34-23-15-18(10-8-9-13-33(2)3)25(35)17-21(23)26-24(34)16-20(19-11-6-7-12-22(19)31)27-28(26)30(37)32-29(27)36/h6-7,11-12,15-17,35H,4-5,8-10,13-14H2,1-3H3,(H,32,36,37). The lowest BCUT2D eigenvalue weighted by Crippen LogP contribution is -2.20. The highest BCUT2D eigenvalue weighted by Gasteiger charge is 2.35. The van der Waals surface area contributed by atoms with Gasteiger partial charge in [0.2, 0.25) is 0 Å². The number of halogens is 1. The van der Waals surface area contributed by atoms with Gasteiger partial charge in [-0.3, -0.25) is 14.9 Å². The maximum atomic E-state index is 13.2. The molecule has 1 aliphatic heterocycles. The van der Waals surface area contributed by atoms with Gasteiger partial charge in [-0.1, -0.05) is 43.1 Å². The van der Waals surface area contributed by atoms with Crippen molar-refractivity contribution < 1.29 is 14.7 Å². The van der Waals surface area contributed by atoms with Gasteiger partial charge in [0.15, 0.2) is 0 Å². The van der Waals surface area contributed by atoms with E-state index in [1.54, 1.807) is 12.1 Å². The molecule has 0 aliphatic carbocycles. The Morgan fingerprint density at radius 3 is 2.43 bits per heavy atom. The van der Waals surface area contributed by atoms with Crippen LogP contribution in [0.4, 0.5) is 0 Å². The number of benzene rings is 3. The molecule has 4 aromatic rings. The Bertz CT molecular complexity index is 1540. The summed E-state index contributed by atoms with van der Waals surface area (Å²) in [5, 5.41) is 15.5. The van der Waals surface area contributed by atoms with Crippen molar-refractivity contribution in [1.29, 1.82) is 0 Å². The molecule has 192 valence electrons. The summed E-state index contributed by atoms with van der Waals surface area (Å²) in [5.41, 5.74) is 4.79. The van der Waals surface area contributed by atoms with Crippen LogP contribution in [0.25, 0.3) is 32.9 Å². The third-order valence-electron chi connectivity index (χ3n) is 7.24. The molecule has 1 aromatic heterocycles. The van der Waals surface area contributed by atoms with Crippen LogP contribution in [-0.4, -0.2) is 47.0 Å². The van der Waals surface area contributed by atoms with E-state index in [4.69, 9.17) is 11.6 Å². The van der Waals surface area contributed by atoms with Crippen molar-refractivity contribution in [2.24, 2.45) is 0 Å². The average molecular weight is 518 g/mol. The number of rotatable bonds is 9. The minimum Gasteiger partial charge on any atom is -0.508 e. The van der Waals surface area contributed by atoms with Gasteiger partial charge in [-0.2, -0.15) is 0 Å². The summed E-state index contributed by atoms with van der Waals surface area (Å²) in [5.74, 6) is -0.616. The molecule has 0 bridgehead atoms. The van der Waals surface area contributed by atoms with E-state index in [0.29, 0.717) is 32.7 Å². The molecular weight excluding hydrogens is 486 g/mol. The molecule has 2 N–H and O–H groups in total. The van der Waals surface area contributed by atoms with Crippen LogP contribution >= 0.6 is 11.6 Å². The quantitative estimate of drug-likeness (QED) is 0.199. The number of aryl methyl sites for hydroxylation is 2. The van der Waals surface area contributed by atoms with E-state index >= 15 is 0 Å². The number of nitrogens with zero attached hydrogens (tertiary/aromatic N) is 2. The fraction of sp³-hybridized carbons (Fsp3) is 0.333. The van der Waals surface area contributed by atoms with Crippen LogP contribution in [0, 0.1) is 0 Å². The lowest BCUT2D eigenvalue weighted by molar-refractivity contribution is 0.0880. The van der Waals surface area contributed by atoms with E-state index in [1.165, 1.54) is 0 Å². The van der Waals surface area contributed by atoms with Crippen LogP contribution in [0.5, 0.6) is 5.75 Å². The van der Waals surface area contributed by atoms with E-state index in [2.05, 4.69) is 41.9 Å². The third-order valence-corrected chi connectivity index (χ3v) is 7.57. The number of carbonyl (C=O) groups excluding carboxylic acids is 2. The van der Waals surface area contributed by atoms with Crippen molar-refractivity contribution >= 4 is 45.2 Å². The van der Waals surface area contributed by atoms with E-state index < -0.39 is 11.8 Å². The fourth-order valence-corrected chi connectivity index (χ4v) is 5.65. The van der Waals surface area contributed by atoms with Gasteiger partial charge in [0, 0.05) is 33.4 Å². The third kappa shape index (κ3) is 4.49. The number of hydrogen-bond donors (Lipinski definition) is 2. The molecule has 5 rings (SSSR count). The van der Waals surface area contributed by atoms with Crippen molar-refractivity contribution in [3.05, 3.63) is 64.2 Å². The summed E-state index contributed by atoms with van der Waals surface area (Å²) >= 11 is 6.56. The molecule has 0 atom stereocenters. The summed E-state index contributed by atoms with van der Waals surface area (Å²) < 4.78 is 2.23. The van der Waals surface area contributed by atoms with Gasteiger partial charge in [-0.05, 0) is 81.7 Å². The number of phenols is 1. The fourth-order valence-electron chi connectivity index (χ4n) is 5.41. The van der Waals surface area contributed by atoms with Gasteiger partial charge in [-0.15, -0.1) is 0 Å². The zero-order valence-electron chi connectivity index (χ0n) is 21.5. The van der Waals surface area contributed by atoms with Crippen molar-refractivity contribution in [2.75, 3.05) is 20.6 Å². The Balaban J connectivity index is 1.78. The molecule has 2 amide bonds. The number of hydrogen-bond acceptors (Lipinski definition) is 4. The predicted octanol–water partition coefficient (Wildman–Crippen LogP) is 6.39. The van der Waals surface area contributed by atoms with Crippen molar-refractivity contribution in [2.45, 2.75) is 45.6 Å². The van der Waals surface area contributed by atoms with Crippen molar-refractivity contribution in [3.63, 3.8) is 0 Å². The summed E-state index contributed by atoms with van der Waals surface area (Å²) in [4.78, 5) is 28.3. The monoisotopic (exact) mass is 517 g/mol. The Morgan fingerprint density at radius 2 is 1.70 bits per heavy atom. The molecule has 0 unspecified atom stereocenters. The molecule has 7 heteroatoms. The first kappa shape index (κ1) is 25.3. The first-order valence-electron chi connectivity index (χ1n) is 12.9. The number of imide groups is 1. The number of fused-ring (bicyclic) bond motifs is 5. The lowest BCUT2D eigenvalue weighted by atomic mass is 9.92. The molecule has 6 nitrogen and oxygen atoms in total. The zero-order chi connectivity index (χ0) is 26.3. The van der Waals surface area contributed by atoms with Gasteiger partial charge in [-0.25, -0.2) is 0 Å². The highest BCUT2D eigenvalue weighted by atomic mass is 35.5. The van der Waals surface area contributed by atoms with Gasteiger partial charge in [0.05, 0.1) is 16.6 Å². The van der Waals surface area contributed by atoms with Gasteiger partial charge >= 0.3 is 0 Å². The van der Waals surface area contributed by atoms with Crippen LogP contribution < -0.4 is 5.32 Å². The van der Waals surface area contributed by atoms with E-state index in [9.17, 15) is 14.7 Å². The number of carbonyl (C=O) groups is 2. The van der Waals surface area contributed by atoms with Crippen LogP contribution in [0.2, 0.25) is 5.02 Å². The van der Waals surface area contributed by atoms with E-state index in [0.717, 1.165) is 67.2 Å². The molecule has 0 saturated carbocycles. The zero-order valence-corrected chi connectivity index (χ0v) is 22.3. The number of aromatic hydroxyl groups is 1. The maximum Gasteiger partial charge on any atom is 0.259 e. The van der Waals surface area contributed by atoms with Crippen molar-refractivity contribution in [3.8, 4) is 16.9 Å². The largest absolute Gasteiger partial charge is 0.508 e.